The van der Waals surface area contributed by atoms with E-state index in [0.717, 1.165) is 0 Å². The number of hydrogen-bond donors (Lipinski definition) is 0. The molecule has 4 nitrogen and oxygen atoms in total. The molecule has 0 bridgehead atoms. The maximum atomic E-state index is 11.6. The molecule has 0 aromatic carbocycles. The summed E-state index contributed by atoms with van der Waals surface area (Å²) >= 11 is 0. The van der Waals surface area contributed by atoms with Gasteiger partial charge in [0.15, 0.2) is 5.69 Å². The Bertz CT molecular complexity index is 380. The SMILES string of the molecule is Cc1cccc(C(=O)OC(C)(C)C)[n+]1[O-]. The number of ether oxygens (including phenoxy) is 1. The van der Waals surface area contributed by atoms with Crippen LogP contribution >= 0.6 is 0 Å². The molecule has 0 aliphatic heterocycles. The largest absolute Gasteiger partial charge is 0.618 e. The number of pyridine rings is 1. The predicted octanol–water partition coefficient (Wildman–Crippen LogP) is 1.58. The van der Waals surface area contributed by atoms with Crippen molar-refractivity contribution in [3.8, 4) is 0 Å². The van der Waals surface area contributed by atoms with E-state index in [1.807, 2.05) is 0 Å². The maximum Gasteiger partial charge on any atom is 0.405 e. The van der Waals surface area contributed by atoms with Crippen LogP contribution in [-0.4, -0.2) is 11.6 Å². The molecule has 0 saturated carbocycles. The third kappa shape index (κ3) is 2.94. The average Bonchev–Trinajstić information content (AvgIpc) is 2.06. The van der Waals surface area contributed by atoms with Gasteiger partial charge < -0.3 is 9.94 Å². The van der Waals surface area contributed by atoms with Crippen LogP contribution < -0.4 is 4.73 Å². The van der Waals surface area contributed by atoms with E-state index in [4.69, 9.17) is 4.74 Å². The van der Waals surface area contributed by atoms with Crippen LogP contribution in [0.4, 0.5) is 0 Å². The van der Waals surface area contributed by atoms with Gasteiger partial charge in [0, 0.05) is 19.1 Å². The van der Waals surface area contributed by atoms with E-state index in [9.17, 15) is 10.0 Å². The van der Waals surface area contributed by atoms with Crippen LogP contribution in [0.2, 0.25) is 0 Å². The number of carbonyl (C=O) groups excluding carboxylic acids is 1. The standard InChI is InChI=1S/C11H15NO3/c1-8-6-5-7-9(12(8)14)10(13)15-11(2,3)4/h5-7H,1-4H3. The highest BCUT2D eigenvalue weighted by atomic mass is 16.6. The number of nitrogens with zero attached hydrogens (tertiary/aromatic N) is 1. The van der Waals surface area contributed by atoms with E-state index in [1.54, 1.807) is 39.8 Å². The van der Waals surface area contributed by atoms with Crippen LogP contribution in [-0.2, 0) is 4.74 Å². The fourth-order valence-corrected chi connectivity index (χ4v) is 1.09. The van der Waals surface area contributed by atoms with Crippen molar-refractivity contribution >= 4 is 5.97 Å². The lowest BCUT2D eigenvalue weighted by atomic mass is 10.2. The zero-order valence-electron chi connectivity index (χ0n) is 9.40. The Kier molecular flexibility index (Phi) is 2.98. The maximum absolute atomic E-state index is 11.6. The lowest BCUT2D eigenvalue weighted by molar-refractivity contribution is -0.615. The van der Waals surface area contributed by atoms with E-state index in [0.29, 0.717) is 10.4 Å². The first kappa shape index (κ1) is 11.5. The minimum absolute atomic E-state index is 0.0184. The second kappa shape index (κ2) is 3.88. The summed E-state index contributed by atoms with van der Waals surface area (Å²) in [7, 11) is 0. The molecule has 0 unspecified atom stereocenters. The third-order valence-electron chi connectivity index (χ3n) is 1.74. The summed E-state index contributed by atoms with van der Waals surface area (Å²) < 4.78 is 5.68. The molecule has 1 rings (SSSR count). The molecule has 0 amide bonds. The minimum Gasteiger partial charge on any atom is -0.618 e. The number of esters is 1. The van der Waals surface area contributed by atoms with Gasteiger partial charge in [-0.3, -0.25) is 0 Å². The number of rotatable bonds is 1. The zero-order valence-corrected chi connectivity index (χ0v) is 9.40. The third-order valence-corrected chi connectivity index (χ3v) is 1.74. The molecule has 1 aromatic rings. The van der Waals surface area contributed by atoms with Crippen LogP contribution in [0.3, 0.4) is 0 Å². The normalized spacial score (nSPS) is 11.2. The molecule has 0 fully saturated rings. The first-order valence-electron chi connectivity index (χ1n) is 4.74. The fraction of sp³-hybridized carbons (Fsp3) is 0.455. The van der Waals surface area contributed by atoms with Gasteiger partial charge in [0.1, 0.15) is 5.60 Å². The molecule has 15 heavy (non-hydrogen) atoms. The summed E-state index contributed by atoms with van der Waals surface area (Å²) in [5.74, 6) is -0.596. The van der Waals surface area contributed by atoms with E-state index in [-0.39, 0.29) is 5.69 Å². The molecule has 0 saturated heterocycles. The van der Waals surface area contributed by atoms with Crippen LogP contribution in [0.5, 0.6) is 0 Å². The molecule has 4 heteroatoms. The van der Waals surface area contributed by atoms with Gasteiger partial charge in [0.25, 0.3) is 0 Å². The van der Waals surface area contributed by atoms with Crippen molar-refractivity contribution in [3.05, 3.63) is 34.8 Å². The van der Waals surface area contributed by atoms with Crippen LogP contribution in [0.25, 0.3) is 0 Å². The van der Waals surface area contributed by atoms with Crippen LogP contribution in [0.15, 0.2) is 18.2 Å². The van der Waals surface area contributed by atoms with Crippen molar-refractivity contribution in [2.75, 3.05) is 0 Å². The van der Waals surface area contributed by atoms with Gasteiger partial charge in [-0.2, -0.15) is 4.73 Å². The molecule has 0 N–H and O–H groups in total. The van der Waals surface area contributed by atoms with Crippen LogP contribution in [0.1, 0.15) is 37.0 Å². The average molecular weight is 209 g/mol. The molecule has 1 heterocycles. The number of aryl methyl sites for hydroxylation is 1. The van der Waals surface area contributed by atoms with Crippen molar-refractivity contribution < 1.29 is 14.3 Å². The van der Waals surface area contributed by atoms with E-state index >= 15 is 0 Å². The van der Waals surface area contributed by atoms with Crippen molar-refractivity contribution in [2.24, 2.45) is 0 Å². The van der Waals surface area contributed by atoms with E-state index < -0.39 is 11.6 Å². The van der Waals surface area contributed by atoms with Crippen molar-refractivity contribution in [2.45, 2.75) is 33.3 Å². The van der Waals surface area contributed by atoms with E-state index in [2.05, 4.69) is 0 Å². The summed E-state index contributed by atoms with van der Waals surface area (Å²) in [6.07, 6.45) is 0. The molecule has 0 aliphatic carbocycles. The predicted molar refractivity (Wildman–Crippen MR) is 55.3 cm³/mol. The smallest absolute Gasteiger partial charge is 0.405 e. The first-order chi connectivity index (χ1) is 6.81. The molecule has 0 spiro atoms. The summed E-state index contributed by atoms with van der Waals surface area (Å²) in [6.45, 7) is 6.92. The van der Waals surface area contributed by atoms with Crippen molar-refractivity contribution in [3.63, 3.8) is 0 Å². The molecule has 0 aliphatic rings. The van der Waals surface area contributed by atoms with Crippen LogP contribution in [0, 0.1) is 12.1 Å². The highest BCUT2D eigenvalue weighted by Crippen LogP contribution is 2.10. The highest BCUT2D eigenvalue weighted by Gasteiger charge is 2.24. The molecule has 0 atom stereocenters. The lowest BCUT2D eigenvalue weighted by Gasteiger charge is -2.18. The Labute approximate surface area is 89.1 Å². The Balaban J connectivity index is 2.97. The van der Waals surface area contributed by atoms with Gasteiger partial charge in [-0.1, -0.05) is 0 Å². The Hall–Kier alpha value is -1.58. The van der Waals surface area contributed by atoms with E-state index in [1.165, 1.54) is 6.07 Å². The molecular weight excluding hydrogens is 194 g/mol. The van der Waals surface area contributed by atoms with Gasteiger partial charge in [-0.05, 0) is 26.8 Å². The summed E-state index contributed by atoms with van der Waals surface area (Å²) in [5, 5.41) is 11.5. The van der Waals surface area contributed by atoms with Gasteiger partial charge in [-0.15, -0.1) is 0 Å². The second-order valence-electron chi connectivity index (χ2n) is 4.35. The lowest BCUT2D eigenvalue weighted by Crippen LogP contribution is -2.39. The van der Waals surface area contributed by atoms with Crippen molar-refractivity contribution in [1.29, 1.82) is 0 Å². The zero-order chi connectivity index (χ0) is 11.6. The molecule has 82 valence electrons. The summed E-state index contributed by atoms with van der Waals surface area (Å²) in [5.41, 5.74) is -0.100. The Morgan fingerprint density at radius 3 is 2.53 bits per heavy atom. The molecular formula is C11H15NO3. The second-order valence-corrected chi connectivity index (χ2v) is 4.35. The van der Waals surface area contributed by atoms with Gasteiger partial charge in [-0.25, -0.2) is 4.79 Å². The first-order valence-corrected chi connectivity index (χ1v) is 4.74. The van der Waals surface area contributed by atoms with Gasteiger partial charge in [0.2, 0.25) is 0 Å². The number of aromatic nitrogens is 1. The Morgan fingerprint density at radius 1 is 1.40 bits per heavy atom. The number of carbonyl (C=O) groups is 1. The Morgan fingerprint density at radius 2 is 2.00 bits per heavy atom. The topological polar surface area (TPSA) is 53.2 Å². The monoisotopic (exact) mass is 209 g/mol. The van der Waals surface area contributed by atoms with Gasteiger partial charge in [0.05, 0.1) is 0 Å². The fourth-order valence-electron chi connectivity index (χ4n) is 1.09. The molecule has 0 radical (unpaired) electrons. The number of hydrogen-bond acceptors (Lipinski definition) is 3. The quantitative estimate of drug-likeness (QED) is 0.401. The summed E-state index contributed by atoms with van der Waals surface area (Å²) in [4.78, 5) is 11.6. The minimum atomic E-state index is -0.596. The van der Waals surface area contributed by atoms with Gasteiger partial charge >= 0.3 is 11.7 Å². The highest BCUT2D eigenvalue weighted by molar-refractivity contribution is 5.85. The van der Waals surface area contributed by atoms with Crippen molar-refractivity contribution in [1.82, 2.24) is 0 Å². The summed E-state index contributed by atoms with van der Waals surface area (Å²) in [6, 6.07) is 4.75. The molecule has 1 aromatic heterocycles.